The molecule has 1 aromatic carbocycles. The van der Waals surface area contributed by atoms with Crippen molar-refractivity contribution < 1.29 is 9.90 Å². The number of nitrogens with zero attached hydrogens (tertiary/aromatic N) is 1. The van der Waals surface area contributed by atoms with Crippen LogP contribution in [-0.4, -0.2) is 22.1 Å². The lowest BCUT2D eigenvalue weighted by Crippen LogP contribution is -2.42. The number of aromatic nitrogens is 1. The van der Waals surface area contributed by atoms with E-state index >= 15 is 0 Å². The zero-order chi connectivity index (χ0) is 14.0. The Bertz CT molecular complexity index is 547. The smallest absolute Gasteiger partial charge is 0.320 e. The van der Waals surface area contributed by atoms with Gasteiger partial charge in [-0.05, 0) is 25.0 Å². The molecule has 2 N–H and O–H groups in total. The van der Waals surface area contributed by atoms with Crippen LogP contribution < -0.4 is 5.32 Å². The molecule has 5 heteroatoms. The molecule has 102 valence electrons. The molecule has 0 saturated heterocycles. The maximum Gasteiger partial charge on any atom is 0.320 e. The lowest BCUT2D eigenvalue weighted by Gasteiger charge is -2.21. The van der Waals surface area contributed by atoms with Gasteiger partial charge >= 0.3 is 5.97 Å². The van der Waals surface area contributed by atoms with Crippen molar-refractivity contribution in [2.24, 2.45) is 5.92 Å². The van der Waals surface area contributed by atoms with Gasteiger partial charge < -0.3 is 5.11 Å². The number of carboxylic acids is 1. The van der Waals surface area contributed by atoms with E-state index in [0.717, 1.165) is 15.2 Å². The van der Waals surface area contributed by atoms with E-state index in [4.69, 9.17) is 0 Å². The zero-order valence-corrected chi connectivity index (χ0v) is 12.1. The van der Waals surface area contributed by atoms with Gasteiger partial charge in [0.1, 0.15) is 11.0 Å². The van der Waals surface area contributed by atoms with Crippen molar-refractivity contribution in [3.63, 3.8) is 0 Å². The minimum absolute atomic E-state index is 0.0364. The highest BCUT2D eigenvalue weighted by Gasteiger charge is 2.24. The Labute approximate surface area is 116 Å². The lowest BCUT2D eigenvalue weighted by atomic mass is 10.0. The van der Waals surface area contributed by atoms with Crippen LogP contribution in [-0.2, 0) is 4.79 Å². The maximum atomic E-state index is 11.2. The van der Waals surface area contributed by atoms with E-state index in [2.05, 4.69) is 10.3 Å². The Kier molecular flexibility index (Phi) is 4.17. The summed E-state index contributed by atoms with van der Waals surface area (Å²) in [5.41, 5.74) is 0.965. The number of rotatable bonds is 5. The molecule has 19 heavy (non-hydrogen) atoms. The van der Waals surface area contributed by atoms with Gasteiger partial charge in [0, 0.05) is 0 Å². The predicted octanol–water partition coefficient (Wildman–Crippen LogP) is 3.06. The van der Waals surface area contributed by atoms with E-state index in [1.165, 1.54) is 0 Å². The monoisotopic (exact) mass is 278 g/mol. The SMILES string of the molecule is CC(NC(C(=O)O)C(C)C)c1nc2ccccc2s1. The Morgan fingerprint density at radius 2 is 2.00 bits per heavy atom. The average molecular weight is 278 g/mol. The van der Waals surface area contributed by atoms with Crippen LogP contribution in [0.4, 0.5) is 0 Å². The molecular formula is C14H18N2O2S. The fourth-order valence-corrected chi connectivity index (χ4v) is 2.94. The number of aliphatic carboxylic acids is 1. The normalized spacial score (nSPS) is 14.7. The highest BCUT2D eigenvalue weighted by Crippen LogP contribution is 2.26. The second kappa shape index (κ2) is 5.67. The number of nitrogens with one attached hydrogen (secondary N) is 1. The summed E-state index contributed by atoms with van der Waals surface area (Å²) in [6.45, 7) is 5.75. The molecule has 0 aliphatic rings. The summed E-state index contributed by atoms with van der Waals surface area (Å²) >= 11 is 1.60. The molecule has 2 rings (SSSR count). The predicted molar refractivity (Wildman–Crippen MR) is 77.4 cm³/mol. The number of hydrogen-bond acceptors (Lipinski definition) is 4. The number of carboxylic acid groups (broad SMARTS) is 1. The van der Waals surface area contributed by atoms with Crippen molar-refractivity contribution in [2.75, 3.05) is 0 Å². The van der Waals surface area contributed by atoms with E-state index in [9.17, 15) is 9.90 Å². The Morgan fingerprint density at radius 1 is 1.32 bits per heavy atom. The number of hydrogen-bond donors (Lipinski definition) is 2. The van der Waals surface area contributed by atoms with Gasteiger partial charge in [0.25, 0.3) is 0 Å². The van der Waals surface area contributed by atoms with Gasteiger partial charge in [0.15, 0.2) is 0 Å². The third kappa shape index (κ3) is 3.11. The quantitative estimate of drug-likeness (QED) is 0.882. The largest absolute Gasteiger partial charge is 0.480 e. The Hall–Kier alpha value is -1.46. The molecule has 1 aromatic heterocycles. The fraction of sp³-hybridized carbons (Fsp3) is 0.429. The number of benzene rings is 1. The summed E-state index contributed by atoms with van der Waals surface area (Å²) in [4.78, 5) is 15.7. The molecule has 0 spiro atoms. The molecule has 0 aliphatic carbocycles. The highest BCUT2D eigenvalue weighted by atomic mass is 32.1. The summed E-state index contributed by atoms with van der Waals surface area (Å²) < 4.78 is 1.13. The molecule has 0 amide bonds. The van der Waals surface area contributed by atoms with Crippen LogP contribution in [0.15, 0.2) is 24.3 Å². The standard InChI is InChI=1S/C14H18N2O2S/c1-8(2)12(14(17)18)15-9(3)13-16-10-6-4-5-7-11(10)19-13/h4-9,12,15H,1-3H3,(H,17,18). The van der Waals surface area contributed by atoms with Gasteiger partial charge in [-0.15, -0.1) is 11.3 Å². The molecule has 1 heterocycles. The highest BCUT2D eigenvalue weighted by molar-refractivity contribution is 7.18. The van der Waals surface area contributed by atoms with Crippen LogP contribution in [0.25, 0.3) is 10.2 Å². The van der Waals surface area contributed by atoms with Crippen LogP contribution in [0.1, 0.15) is 31.8 Å². The molecule has 0 radical (unpaired) electrons. The molecule has 2 aromatic rings. The van der Waals surface area contributed by atoms with Crippen molar-refractivity contribution in [1.82, 2.24) is 10.3 Å². The van der Waals surface area contributed by atoms with Gasteiger partial charge in [0.05, 0.1) is 16.3 Å². The second-order valence-corrected chi connectivity index (χ2v) is 6.03. The first-order valence-electron chi connectivity index (χ1n) is 6.33. The van der Waals surface area contributed by atoms with Crippen LogP contribution in [0.3, 0.4) is 0 Å². The first-order valence-corrected chi connectivity index (χ1v) is 7.15. The fourth-order valence-electron chi connectivity index (χ4n) is 1.96. The van der Waals surface area contributed by atoms with Crippen LogP contribution in [0.5, 0.6) is 0 Å². The van der Waals surface area contributed by atoms with Crippen molar-refractivity contribution >= 4 is 27.5 Å². The first-order chi connectivity index (χ1) is 8.99. The van der Waals surface area contributed by atoms with Crippen molar-refractivity contribution in [2.45, 2.75) is 32.9 Å². The van der Waals surface area contributed by atoms with Gasteiger partial charge in [-0.2, -0.15) is 0 Å². The number of thiazole rings is 1. The minimum Gasteiger partial charge on any atom is -0.480 e. The van der Waals surface area contributed by atoms with Gasteiger partial charge in [-0.1, -0.05) is 26.0 Å². The number of fused-ring (bicyclic) bond motifs is 1. The molecule has 2 unspecified atom stereocenters. The van der Waals surface area contributed by atoms with E-state index in [-0.39, 0.29) is 12.0 Å². The van der Waals surface area contributed by atoms with Crippen molar-refractivity contribution in [1.29, 1.82) is 0 Å². The lowest BCUT2D eigenvalue weighted by molar-refractivity contribution is -0.140. The molecule has 4 nitrogen and oxygen atoms in total. The second-order valence-electron chi connectivity index (χ2n) is 4.97. The summed E-state index contributed by atoms with van der Waals surface area (Å²) in [7, 11) is 0. The van der Waals surface area contributed by atoms with E-state index in [0.29, 0.717) is 0 Å². The summed E-state index contributed by atoms with van der Waals surface area (Å²) in [6, 6.07) is 7.32. The van der Waals surface area contributed by atoms with Crippen molar-refractivity contribution in [3.8, 4) is 0 Å². The molecule has 0 aliphatic heterocycles. The van der Waals surface area contributed by atoms with Crippen LogP contribution in [0.2, 0.25) is 0 Å². The van der Waals surface area contributed by atoms with Crippen molar-refractivity contribution in [3.05, 3.63) is 29.3 Å². The van der Waals surface area contributed by atoms with Gasteiger partial charge in [0.2, 0.25) is 0 Å². The Balaban J connectivity index is 2.19. The molecule has 0 fully saturated rings. The Morgan fingerprint density at radius 3 is 2.58 bits per heavy atom. The first kappa shape index (κ1) is 14.0. The number of para-hydroxylation sites is 1. The van der Waals surface area contributed by atoms with E-state index < -0.39 is 12.0 Å². The van der Waals surface area contributed by atoms with Crippen LogP contribution in [0, 0.1) is 5.92 Å². The third-order valence-electron chi connectivity index (χ3n) is 3.04. The van der Waals surface area contributed by atoms with Gasteiger partial charge in [-0.3, -0.25) is 10.1 Å². The number of carbonyl (C=O) groups is 1. The van der Waals surface area contributed by atoms with Gasteiger partial charge in [-0.25, -0.2) is 4.98 Å². The van der Waals surface area contributed by atoms with E-state index in [1.807, 2.05) is 45.0 Å². The summed E-state index contributed by atoms with van der Waals surface area (Å²) in [6.07, 6.45) is 0. The summed E-state index contributed by atoms with van der Waals surface area (Å²) in [5.74, 6) is -0.780. The van der Waals surface area contributed by atoms with E-state index in [1.54, 1.807) is 11.3 Å². The molecule has 0 bridgehead atoms. The topological polar surface area (TPSA) is 62.2 Å². The maximum absolute atomic E-state index is 11.2. The minimum atomic E-state index is -0.817. The molecule has 0 saturated carbocycles. The molecular weight excluding hydrogens is 260 g/mol. The summed E-state index contributed by atoms with van der Waals surface area (Å²) in [5, 5.41) is 13.3. The molecule has 2 atom stereocenters. The average Bonchev–Trinajstić information content (AvgIpc) is 2.78. The van der Waals surface area contributed by atoms with Crippen LogP contribution >= 0.6 is 11.3 Å². The zero-order valence-electron chi connectivity index (χ0n) is 11.3. The third-order valence-corrected chi connectivity index (χ3v) is 4.26.